The quantitative estimate of drug-likeness (QED) is 0.493. The van der Waals surface area contributed by atoms with Crippen LogP contribution in [-0.4, -0.2) is 27.9 Å². The Morgan fingerprint density at radius 2 is 1.78 bits per heavy atom. The van der Waals surface area contributed by atoms with E-state index in [-0.39, 0.29) is 5.82 Å². The molecular weight excluding hydrogens is 383 g/mol. The Bertz CT molecular complexity index is 907. The first-order valence-corrected chi connectivity index (χ1v) is 10.2. The highest BCUT2D eigenvalue weighted by Gasteiger charge is 2.13. The molecular formula is C20H22ClFN4S. The van der Waals surface area contributed by atoms with Crippen molar-refractivity contribution in [1.82, 2.24) is 14.8 Å². The molecule has 3 rings (SSSR count). The Morgan fingerprint density at radius 3 is 2.41 bits per heavy atom. The van der Waals surface area contributed by atoms with E-state index in [0.29, 0.717) is 10.8 Å². The van der Waals surface area contributed by atoms with Gasteiger partial charge < -0.3 is 9.47 Å². The maximum atomic E-state index is 13.2. The van der Waals surface area contributed by atoms with Crippen molar-refractivity contribution in [3.8, 4) is 11.4 Å². The Labute approximate surface area is 168 Å². The highest BCUT2D eigenvalue weighted by Crippen LogP contribution is 2.29. The molecule has 1 heterocycles. The van der Waals surface area contributed by atoms with Gasteiger partial charge in [0.2, 0.25) is 0 Å². The molecule has 0 aliphatic carbocycles. The molecule has 27 heavy (non-hydrogen) atoms. The fourth-order valence-corrected chi connectivity index (χ4v) is 4.11. The maximum Gasteiger partial charge on any atom is 0.191 e. The van der Waals surface area contributed by atoms with E-state index in [2.05, 4.69) is 53.2 Å². The van der Waals surface area contributed by atoms with Gasteiger partial charge in [0.05, 0.1) is 0 Å². The molecule has 0 aliphatic heterocycles. The summed E-state index contributed by atoms with van der Waals surface area (Å²) in [4.78, 5) is 2.30. The molecule has 1 aromatic heterocycles. The van der Waals surface area contributed by atoms with Crippen molar-refractivity contribution in [2.24, 2.45) is 7.05 Å². The van der Waals surface area contributed by atoms with Crippen LogP contribution in [0.1, 0.15) is 19.4 Å². The van der Waals surface area contributed by atoms with Crippen LogP contribution < -0.4 is 4.90 Å². The van der Waals surface area contributed by atoms with Crippen LogP contribution in [0.15, 0.2) is 47.6 Å². The Balaban J connectivity index is 1.75. The summed E-state index contributed by atoms with van der Waals surface area (Å²) in [6.45, 7) is 6.26. The standard InChI is InChI=1S/C20H22ClFN4S/c1-4-26(5-2)17-10-7-14(8-11-17)19-23-24-20(25(19)3)27-13-15-6-9-16(22)12-18(15)21/h6-12H,4-5,13H2,1-3H3. The number of aromatic nitrogens is 3. The van der Waals surface area contributed by atoms with Crippen LogP contribution in [0.5, 0.6) is 0 Å². The summed E-state index contributed by atoms with van der Waals surface area (Å²) in [5.74, 6) is 1.09. The van der Waals surface area contributed by atoms with E-state index in [4.69, 9.17) is 11.6 Å². The van der Waals surface area contributed by atoms with Crippen molar-refractivity contribution in [3.63, 3.8) is 0 Å². The molecule has 0 spiro atoms. The van der Waals surface area contributed by atoms with Gasteiger partial charge in [-0.25, -0.2) is 4.39 Å². The van der Waals surface area contributed by atoms with Gasteiger partial charge in [0.25, 0.3) is 0 Å². The average Bonchev–Trinajstić information content (AvgIpc) is 3.03. The van der Waals surface area contributed by atoms with E-state index in [1.807, 2.05) is 11.6 Å². The third kappa shape index (κ3) is 4.45. The molecule has 3 aromatic rings. The van der Waals surface area contributed by atoms with E-state index in [1.165, 1.54) is 29.6 Å². The highest BCUT2D eigenvalue weighted by molar-refractivity contribution is 7.98. The summed E-state index contributed by atoms with van der Waals surface area (Å²) >= 11 is 7.63. The van der Waals surface area contributed by atoms with Crippen LogP contribution >= 0.6 is 23.4 Å². The zero-order chi connectivity index (χ0) is 19.4. The molecule has 0 atom stereocenters. The van der Waals surface area contributed by atoms with Crippen molar-refractivity contribution in [3.05, 3.63) is 58.9 Å². The summed E-state index contributed by atoms with van der Waals surface area (Å²) < 4.78 is 15.1. The molecule has 0 aliphatic rings. The molecule has 0 unspecified atom stereocenters. The van der Waals surface area contributed by atoms with Crippen molar-refractivity contribution >= 4 is 29.1 Å². The lowest BCUT2D eigenvalue weighted by molar-refractivity contribution is 0.627. The minimum absolute atomic E-state index is 0.331. The van der Waals surface area contributed by atoms with Gasteiger partial charge in [0, 0.05) is 42.2 Å². The van der Waals surface area contributed by atoms with Gasteiger partial charge in [-0.2, -0.15) is 0 Å². The normalized spacial score (nSPS) is 11.0. The zero-order valence-electron chi connectivity index (χ0n) is 15.6. The van der Waals surface area contributed by atoms with Crippen LogP contribution in [-0.2, 0) is 12.8 Å². The van der Waals surface area contributed by atoms with Crippen molar-refractivity contribution in [2.75, 3.05) is 18.0 Å². The van der Waals surface area contributed by atoms with E-state index in [0.717, 1.165) is 35.2 Å². The SMILES string of the molecule is CCN(CC)c1ccc(-c2nnc(SCc3ccc(F)cc3Cl)n2C)cc1. The summed E-state index contributed by atoms with van der Waals surface area (Å²) in [6, 6.07) is 12.8. The number of halogens is 2. The van der Waals surface area contributed by atoms with Crippen LogP contribution in [0.25, 0.3) is 11.4 Å². The number of thioether (sulfide) groups is 1. The van der Waals surface area contributed by atoms with Crippen molar-refractivity contribution < 1.29 is 4.39 Å². The molecule has 0 saturated heterocycles. The monoisotopic (exact) mass is 404 g/mol. The number of hydrogen-bond donors (Lipinski definition) is 0. The first-order chi connectivity index (χ1) is 13.0. The Kier molecular flexibility index (Phi) is 6.39. The summed E-state index contributed by atoms with van der Waals surface area (Å²) in [6.07, 6.45) is 0. The first-order valence-electron chi connectivity index (χ1n) is 8.85. The number of anilines is 1. The van der Waals surface area contributed by atoms with Gasteiger partial charge in [-0.1, -0.05) is 29.4 Å². The second-order valence-electron chi connectivity index (χ2n) is 6.11. The molecule has 0 saturated carbocycles. The second kappa shape index (κ2) is 8.76. The van der Waals surface area contributed by atoms with E-state index < -0.39 is 0 Å². The van der Waals surface area contributed by atoms with Gasteiger partial charge in [-0.05, 0) is 55.8 Å². The first kappa shape index (κ1) is 19.7. The second-order valence-corrected chi connectivity index (χ2v) is 7.46. The van der Waals surface area contributed by atoms with Crippen LogP contribution in [0, 0.1) is 5.82 Å². The topological polar surface area (TPSA) is 34.0 Å². The van der Waals surface area contributed by atoms with Crippen LogP contribution in [0.2, 0.25) is 5.02 Å². The molecule has 0 amide bonds. The average molecular weight is 405 g/mol. The van der Waals surface area contributed by atoms with Gasteiger partial charge in [0.15, 0.2) is 11.0 Å². The van der Waals surface area contributed by atoms with E-state index in [9.17, 15) is 4.39 Å². The van der Waals surface area contributed by atoms with Crippen LogP contribution in [0.4, 0.5) is 10.1 Å². The fourth-order valence-electron chi connectivity index (χ4n) is 2.88. The lowest BCUT2D eigenvalue weighted by Crippen LogP contribution is -2.21. The van der Waals surface area contributed by atoms with Crippen LogP contribution in [0.3, 0.4) is 0 Å². The van der Waals surface area contributed by atoms with Crippen molar-refractivity contribution in [1.29, 1.82) is 0 Å². The lowest BCUT2D eigenvalue weighted by atomic mass is 10.2. The van der Waals surface area contributed by atoms with Gasteiger partial charge >= 0.3 is 0 Å². The van der Waals surface area contributed by atoms with Crippen molar-refractivity contribution in [2.45, 2.75) is 24.8 Å². The number of rotatable bonds is 7. The summed E-state index contributed by atoms with van der Waals surface area (Å²) in [7, 11) is 1.95. The molecule has 4 nitrogen and oxygen atoms in total. The number of hydrogen-bond acceptors (Lipinski definition) is 4. The third-order valence-corrected chi connectivity index (χ3v) is 5.88. The van der Waals surface area contributed by atoms with E-state index >= 15 is 0 Å². The number of benzene rings is 2. The van der Waals surface area contributed by atoms with E-state index in [1.54, 1.807) is 6.07 Å². The summed E-state index contributed by atoms with van der Waals surface area (Å²) in [5, 5.41) is 9.85. The maximum absolute atomic E-state index is 13.2. The smallest absolute Gasteiger partial charge is 0.191 e. The lowest BCUT2D eigenvalue weighted by Gasteiger charge is -2.21. The van der Waals surface area contributed by atoms with Gasteiger partial charge in [-0.15, -0.1) is 10.2 Å². The molecule has 0 bridgehead atoms. The minimum Gasteiger partial charge on any atom is -0.372 e. The molecule has 0 N–H and O–H groups in total. The molecule has 0 radical (unpaired) electrons. The fraction of sp³-hybridized carbons (Fsp3) is 0.300. The number of nitrogens with zero attached hydrogens (tertiary/aromatic N) is 4. The molecule has 142 valence electrons. The molecule has 2 aromatic carbocycles. The minimum atomic E-state index is -0.331. The Morgan fingerprint density at radius 1 is 1.07 bits per heavy atom. The predicted octanol–water partition coefficient (Wildman–Crippen LogP) is 5.41. The Hall–Kier alpha value is -2.05. The zero-order valence-corrected chi connectivity index (χ0v) is 17.2. The highest BCUT2D eigenvalue weighted by atomic mass is 35.5. The van der Waals surface area contributed by atoms with Gasteiger partial charge in [-0.3, -0.25) is 0 Å². The largest absolute Gasteiger partial charge is 0.372 e. The predicted molar refractivity (Wildman–Crippen MR) is 111 cm³/mol. The molecule has 7 heteroatoms. The van der Waals surface area contributed by atoms with Gasteiger partial charge in [0.1, 0.15) is 5.82 Å². The third-order valence-electron chi connectivity index (χ3n) is 4.46. The summed E-state index contributed by atoms with van der Waals surface area (Å²) in [5.41, 5.74) is 3.09. The molecule has 0 fully saturated rings.